The molecule has 0 spiro atoms. The molecule has 21 heavy (non-hydrogen) atoms. The maximum absolute atomic E-state index is 13.4. The smallest absolute Gasteiger partial charge is 0.251 e. The molecule has 110 valence electrons. The van der Waals surface area contributed by atoms with E-state index >= 15 is 0 Å². The van der Waals surface area contributed by atoms with Crippen molar-refractivity contribution in [1.29, 1.82) is 0 Å². The summed E-state index contributed by atoms with van der Waals surface area (Å²) in [6, 6.07) is 9.19. The van der Waals surface area contributed by atoms with E-state index in [1.165, 1.54) is 29.0 Å². The van der Waals surface area contributed by atoms with Crippen LogP contribution in [0.15, 0.2) is 47.4 Å². The van der Waals surface area contributed by atoms with Gasteiger partial charge in [0.1, 0.15) is 12.4 Å². The lowest BCUT2D eigenvalue weighted by Gasteiger charge is -2.08. The maximum atomic E-state index is 13.4. The van der Waals surface area contributed by atoms with Gasteiger partial charge in [-0.25, -0.2) is 4.39 Å². The molecule has 0 aliphatic heterocycles. The zero-order valence-electron chi connectivity index (χ0n) is 11.4. The number of rotatable bonds is 5. The number of carbonyl (C=O) groups is 1. The van der Waals surface area contributed by atoms with Gasteiger partial charge in [0.15, 0.2) is 0 Å². The third kappa shape index (κ3) is 4.17. The number of aromatic nitrogens is 1. The van der Waals surface area contributed by atoms with Crippen molar-refractivity contribution >= 4 is 11.6 Å². The zero-order valence-corrected chi connectivity index (χ0v) is 11.4. The summed E-state index contributed by atoms with van der Waals surface area (Å²) >= 11 is 0. The van der Waals surface area contributed by atoms with Crippen LogP contribution in [0.1, 0.15) is 5.56 Å². The summed E-state index contributed by atoms with van der Waals surface area (Å²) in [5.41, 5.74) is 6.22. The number of hydrogen-bond donors (Lipinski definition) is 2. The van der Waals surface area contributed by atoms with Crippen molar-refractivity contribution in [1.82, 2.24) is 9.88 Å². The Labute approximate surface area is 121 Å². The van der Waals surface area contributed by atoms with E-state index in [1.54, 1.807) is 18.2 Å². The SMILES string of the molecule is Nc1ccc(=O)n(CC(=O)NCCc2ccccc2F)c1. The second-order valence-electron chi connectivity index (χ2n) is 4.62. The molecule has 0 saturated carbocycles. The lowest BCUT2D eigenvalue weighted by Crippen LogP contribution is -2.33. The van der Waals surface area contributed by atoms with Gasteiger partial charge in [-0.05, 0) is 24.1 Å². The number of nitrogens with one attached hydrogen (secondary N) is 1. The molecule has 0 saturated heterocycles. The number of amides is 1. The van der Waals surface area contributed by atoms with E-state index in [0.29, 0.717) is 24.2 Å². The Balaban J connectivity index is 1.87. The van der Waals surface area contributed by atoms with E-state index in [2.05, 4.69) is 5.32 Å². The summed E-state index contributed by atoms with van der Waals surface area (Å²) in [7, 11) is 0. The van der Waals surface area contributed by atoms with Gasteiger partial charge >= 0.3 is 0 Å². The van der Waals surface area contributed by atoms with Crippen LogP contribution >= 0.6 is 0 Å². The second kappa shape index (κ2) is 6.69. The predicted molar refractivity (Wildman–Crippen MR) is 78.2 cm³/mol. The molecule has 3 N–H and O–H groups in total. The molecule has 6 heteroatoms. The molecular formula is C15H16FN3O2. The summed E-state index contributed by atoms with van der Waals surface area (Å²) in [5.74, 6) is -0.613. The highest BCUT2D eigenvalue weighted by Gasteiger charge is 2.05. The molecule has 0 atom stereocenters. The third-order valence-corrected chi connectivity index (χ3v) is 2.99. The van der Waals surface area contributed by atoms with E-state index in [1.807, 2.05) is 0 Å². The highest BCUT2D eigenvalue weighted by atomic mass is 19.1. The fraction of sp³-hybridized carbons (Fsp3) is 0.200. The Bertz CT molecular complexity index is 697. The monoisotopic (exact) mass is 289 g/mol. The van der Waals surface area contributed by atoms with Gasteiger partial charge in [0.2, 0.25) is 5.91 Å². The Morgan fingerprint density at radius 3 is 2.76 bits per heavy atom. The van der Waals surface area contributed by atoms with Crippen LogP contribution in [-0.2, 0) is 17.8 Å². The van der Waals surface area contributed by atoms with Gasteiger partial charge in [0, 0.05) is 24.5 Å². The first-order valence-electron chi connectivity index (χ1n) is 6.52. The predicted octanol–water partition coefficient (Wildman–Crippen LogP) is 0.929. The van der Waals surface area contributed by atoms with Crippen LogP contribution < -0.4 is 16.6 Å². The quantitative estimate of drug-likeness (QED) is 0.859. The molecule has 0 radical (unpaired) electrons. The van der Waals surface area contributed by atoms with Gasteiger partial charge in [-0.2, -0.15) is 0 Å². The summed E-state index contributed by atoms with van der Waals surface area (Å²) in [4.78, 5) is 23.3. The number of benzene rings is 1. The van der Waals surface area contributed by atoms with Crippen molar-refractivity contribution in [2.45, 2.75) is 13.0 Å². The van der Waals surface area contributed by atoms with Crippen LogP contribution in [0.4, 0.5) is 10.1 Å². The first kappa shape index (κ1) is 14.8. The molecule has 1 amide bonds. The number of anilines is 1. The molecule has 2 rings (SSSR count). The number of carbonyl (C=O) groups excluding carboxylic acids is 1. The van der Waals surface area contributed by atoms with Gasteiger partial charge in [-0.15, -0.1) is 0 Å². The summed E-state index contributed by atoms with van der Waals surface area (Å²) < 4.78 is 14.6. The molecule has 2 aromatic rings. The maximum Gasteiger partial charge on any atom is 0.251 e. The average Bonchev–Trinajstić information content (AvgIpc) is 2.45. The van der Waals surface area contributed by atoms with Crippen LogP contribution in [0.25, 0.3) is 0 Å². The van der Waals surface area contributed by atoms with Gasteiger partial charge in [-0.1, -0.05) is 18.2 Å². The van der Waals surface area contributed by atoms with Crippen molar-refractivity contribution < 1.29 is 9.18 Å². The molecule has 0 aliphatic carbocycles. The van der Waals surface area contributed by atoms with E-state index in [9.17, 15) is 14.0 Å². The molecule has 0 aliphatic rings. The van der Waals surface area contributed by atoms with E-state index in [4.69, 9.17) is 5.73 Å². The second-order valence-corrected chi connectivity index (χ2v) is 4.62. The minimum atomic E-state index is -0.320. The molecule has 1 aromatic carbocycles. The largest absolute Gasteiger partial charge is 0.398 e. The highest BCUT2D eigenvalue weighted by Crippen LogP contribution is 2.06. The van der Waals surface area contributed by atoms with Crippen molar-refractivity contribution in [3.8, 4) is 0 Å². The molecular weight excluding hydrogens is 273 g/mol. The molecule has 1 heterocycles. The summed E-state index contributed by atoms with van der Waals surface area (Å²) in [6.45, 7) is 0.192. The first-order chi connectivity index (χ1) is 10.1. The highest BCUT2D eigenvalue weighted by molar-refractivity contribution is 5.75. The Morgan fingerprint density at radius 2 is 2.00 bits per heavy atom. The molecule has 0 unspecified atom stereocenters. The Kier molecular flexibility index (Phi) is 4.71. The summed E-state index contributed by atoms with van der Waals surface area (Å²) in [5, 5.41) is 2.65. The molecule has 1 aromatic heterocycles. The zero-order chi connectivity index (χ0) is 15.2. The van der Waals surface area contributed by atoms with Crippen molar-refractivity contribution in [2.24, 2.45) is 0 Å². The van der Waals surface area contributed by atoms with Gasteiger partial charge in [0.05, 0.1) is 0 Å². The van der Waals surface area contributed by atoms with E-state index in [0.717, 1.165) is 0 Å². The topological polar surface area (TPSA) is 77.1 Å². The van der Waals surface area contributed by atoms with E-state index in [-0.39, 0.29) is 23.8 Å². The minimum Gasteiger partial charge on any atom is -0.398 e. The molecule has 0 fully saturated rings. The first-order valence-corrected chi connectivity index (χ1v) is 6.52. The van der Waals surface area contributed by atoms with E-state index < -0.39 is 0 Å². The number of nitrogens with zero attached hydrogens (tertiary/aromatic N) is 1. The van der Waals surface area contributed by atoms with Crippen LogP contribution in [0.2, 0.25) is 0 Å². The van der Waals surface area contributed by atoms with Crippen LogP contribution in [0, 0.1) is 5.82 Å². The Morgan fingerprint density at radius 1 is 1.24 bits per heavy atom. The number of nitrogen functional groups attached to an aromatic ring is 1. The van der Waals surface area contributed by atoms with Gasteiger partial charge in [0.25, 0.3) is 5.56 Å². The number of hydrogen-bond acceptors (Lipinski definition) is 3. The van der Waals surface area contributed by atoms with Crippen LogP contribution in [0.3, 0.4) is 0 Å². The average molecular weight is 289 g/mol. The lowest BCUT2D eigenvalue weighted by molar-refractivity contribution is -0.121. The normalized spacial score (nSPS) is 10.3. The van der Waals surface area contributed by atoms with Gasteiger partial charge in [-0.3, -0.25) is 9.59 Å². The molecule has 5 nitrogen and oxygen atoms in total. The lowest BCUT2D eigenvalue weighted by atomic mass is 10.1. The third-order valence-electron chi connectivity index (χ3n) is 2.99. The van der Waals surface area contributed by atoms with Gasteiger partial charge < -0.3 is 15.6 Å². The number of nitrogens with two attached hydrogens (primary N) is 1. The fourth-order valence-corrected chi connectivity index (χ4v) is 1.92. The van der Waals surface area contributed by atoms with Crippen molar-refractivity contribution in [3.05, 3.63) is 64.3 Å². The molecule has 0 bridgehead atoms. The fourth-order valence-electron chi connectivity index (χ4n) is 1.92. The number of pyridine rings is 1. The van der Waals surface area contributed by atoms with Crippen LogP contribution in [0.5, 0.6) is 0 Å². The standard InChI is InChI=1S/C15H16FN3O2/c16-13-4-2-1-3-11(13)7-8-18-14(20)10-19-9-12(17)5-6-15(19)21/h1-6,9H,7-8,10,17H2,(H,18,20). The number of halogens is 1. The minimum absolute atomic E-state index is 0.110. The Hall–Kier alpha value is -2.63. The van der Waals surface area contributed by atoms with Crippen molar-refractivity contribution in [3.63, 3.8) is 0 Å². The van der Waals surface area contributed by atoms with Crippen molar-refractivity contribution in [2.75, 3.05) is 12.3 Å². The summed E-state index contributed by atoms with van der Waals surface area (Å²) in [6.07, 6.45) is 1.81. The van der Waals surface area contributed by atoms with Crippen LogP contribution in [-0.4, -0.2) is 17.0 Å².